The Bertz CT molecular complexity index is 1330. The molecule has 1 aliphatic heterocycles. The largest absolute Gasteiger partial charge is 0.497 e. The number of fused-ring (bicyclic) bond motifs is 1. The van der Waals surface area contributed by atoms with E-state index in [0.717, 1.165) is 11.1 Å². The molecule has 0 bridgehead atoms. The predicted molar refractivity (Wildman–Crippen MR) is 145 cm³/mol. The maximum absolute atomic E-state index is 15.4. The number of aromatic nitrogens is 1. The number of piperidine rings is 1. The van der Waals surface area contributed by atoms with Crippen molar-refractivity contribution in [1.82, 2.24) is 9.88 Å². The molecule has 0 aliphatic carbocycles. The number of aryl methyl sites for hydroxylation is 1. The summed E-state index contributed by atoms with van der Waals surface area (Å²) < 4.78 is 20.7. The van der Waals surface area contributed by atoms with E-state index in [4.69, 9.17) is 27.9 Å². The number of hydrogen-bond acceptors (Lipinski definition) is 4. The zero-order valence-corrected chi connectivity index (χ0v) is 22.3. The molecule has 1 aliphatic rings. The molecule has 0 saturated carbocycles. The van der Waals surface area contributed by atoms with Crippen molar-refractivity contribution in [2.24, 2.45) is 11.8 Å². The number of halogens is 3. The Morgan fingerprint density at radius 1 is 1.30 bits per heavy atom. The molecule has 3 atom stereocenters. The van der Waals surface area contributed by atoms with Crippen LogP contribution < -0.4 is 4.74 Å². The summed E-state index contributed by atoms with van der Waals surface area (Å²) in [5, 5.41) is 11.7. The highest BCUT2D eigenvalue weighted by molar-refractivity contribution is 6.35. The number of carbonyl (C=O) groups is 1. The second-order valence-electron chi connectivity index (χ2n) is 9.44. The maximum atomic E-state index is 15.4. The Morgan fingerprint density at radius 2 is 2.11 bits per heavy atom. The Kier molecular flexibility index (Phi) is 8.91. The van der Waals surface area contributed by atoms with Gasteiger partial charge < -0.3 is 9.84 Å². The summed E-state index contributed by atoms with van der Waals surface area (Å²) in [7, 11) is 1.57. The Labute approximate surface area is 226 Å². The van der Waals surface area contributed by atoms with Gasteiger partial charge in [0.05, 0.1) is 30.1 Å². The lowest BCUT2D eigenvalue weighted by Crippen LogP contribution is -2.44. The summed E-state index contributed by atoms with van der Waals surface area (Å²) in [4.78, 5) is 18.4. The van der Waals surface area contributed by atoms with E-state index in [1.54, 1.807) is 37.6 Å². The molecule has 194 valence electrons. The standard InChI is InChI=1S/C29H29Cl2FN2O3/c1-18-14-20(30)15-26(31)22(18)4-3-12-34-13-10-19(25(17-34)29(35)36)5-7-27(32)23-9-11-33-28-8-6-21(37-2)16-24(23)28/h6,8-9,11,14-16,19,25,27H,5,7,10,12-13,17H2,1-2H3,(H,35,36)/t19-,25+,27-/m1/s1. The van der Waals surface area contributed by atoms with Gasteiger partial charge >= 0.3 is 5.97 Å². The van der Waals surface area contributed by atoms with Crippen LogP contribution in [-0.4, -0.2) is 47.7 Å². The quantitative estimate of drug-likeness (QED) is 0.335. The molecule has 3 aromatic rings. The zero-order chi connectivity index (χ0) is 26.5. The number of nitrogens with zero attached hydrogens (tertiary/aromatic N) is 2. The first kappa shape index (κ1) is 27.2. The van der Waals surface area contributed by atoms with Gasteiger partial charge in [-0.2, -0.15) is 0 Å². The van der Waals surface area contributed by atoms with Crippen molar-refractivity contribution in [3.05, 3.63) is 69.3 Å². The number of benzene rings is 2. The fourth-order valence-corrected chi connectivity index (χ4v) is 5.64. The van der Waals surface area contributed by atoms with Gasteiger partial charge in [-0.1, -0.05) is 35.0 Å². The van der Waals surface area contributed by atoms with Crippen LogP contribution in [0, 0.1) is 30.6 Å². The number of rotatable bonds is 7. The predicted octanol–water partition coefficient (Wildman–Crippen LogP) is 6.72. The molecule has 1 fully saturated rings. The van der Waals surface area contributed by atoms with E-state index in [2.05, 4.69) is 16.8 Å². The lowest BCUT2D eigenvalue weighted by atomic mass is 9.81. The summed E-state index contributed by atoms with van der Waals surface area (Å²) >= 11 is 12.3. The molecular formula is C29H29Cl2FN2O3. The third-order valence-electron chi connectivity index (χ3n) is 7.04. The molecule has 8 heteroatoms. The topological polar surface area (TPSA) is 62.7 Å². The number of pyridine rings is 1. The number of methoxy groups -OCH3 is 1. The van der Waals surface area contributed by atoms with Gasteiger partial charge in [-0.3, -0.25) is 14.7 Å². The molecule has 2 heterocycles. The van der Waals surface area contributed by atoms with Gasteiger partial charge in [0.25, 0.3) is 0 Å². The summed E-state index contributed by atoms with van der Waals surface area (Å²) in [6, 6.07) is 10.6. The van der Waals surface area contributed by atoms with Crippen molar-refractivity contribution in [2.45, 2.75) is 32.4 Å². The molecule has 1 aromatic heterocycles. The number of likely N-dealkylation sites (tertiary alicyclic amines) is 1. The van der Waals surface area contributed by atoms with E-state index < -0.39 is 18.1 Å². The summed E-state index contributed by atoms with van der Waals surface area (Å²) in [6.07, 6.45) is 1.80. The highest BCUT2D eigenvalue weighted by Gasteiger charge is 2.34. The Hall–Kier alpha value is -2.85. The first-order chi connectivity index (χ1) is 17.8. The van der Waals surface area contributed by atoms with E-state index in [1.165, 1.54) is 0 Å². The van der Waals surface area contributed by atoms with Gasteiger partial charge in [-0.15, -0.1) is 0 Å². The molecule has 0 amide bonds. The van der Waals surface area contributed by atoms with Gasteiger partial charge in [0.1, 0.15) is 11.9 Å². The number of carboxylic acid groups (broad SMARTS) is 1. The second kappa shape index (κ2) is 12.1. The molecule has 37 heavy (non-hydrogen) atoms. The van der Waals surface area contributed by atoms with Crippen LogP contribution in [0.25, 0.3) is 10.9 Å². The number of ether oxygens (including phenoxy) is 1. The zero-order valence-electron chi connectivity index (χ0n) is 20.8. The van der Waals surface area contributed by atoms with Crippen molar-refractivity contribution in [2.75, 3.05) is 26.7 Å². The molecule has 1 saturated heterocycles. The van der Waals surface area contributed by atoms with E-state index in [-0.39, 0.29) is 12.3 Å². The number of carboxylic acids is 1. The molecule has 2 aromatic carbocycles. The minimum Gasteiger partial charge on any atom is -0.497 e. The highest BCUT2D eigenvalue weighted by Crippen LogP contribution is 2.35. The first-order valence-electron chi connectivity index (χ1n) is 12.2. The first-order valence-corrected chi connectivity index (χ1v) is 13.0. The van der Waals surface area contributed by atoms with E-state index in [0.29, 0.717) is 64.7 Å². The normalized spacial score (nSPS) is 18.7. The second-order valence-corrected chi connectivity index (χ2v) is 10.3. The maximum Gasteiger partial charge on any atom is 0.308 e. The number of hydrogen-bond donors (Lipinski definition) is 1. The molecule has 1 N–H and O–H groups in total. The van der Waals surface area contributed by atoms with Crippen LogP contribution in [0.1, 0.15) is 42.1 Å². The lowest BCUT2D eigenvalue weighted by Gasteiger charge is -2.35. The van der Waals surface area contributed by atoms with Gasteiger partial charge in [-0.05, 0) is 86.2 Å². The molecule has 4 rings (SSSR count). The Morgan fingerprint density at radius 3 is 2.84 bits per heavy atom. The monoisotopic (exact) mass is 542 g/mol. The smallest absolute Gasteiger partial charge is 0.308 e. The van der Waals surface area contributed by atoms with Crippen molar-refractivity contribution < 1.29 is 19.0 Å². The van der Waals surface area contributed by atoms with Crippen LogP contribution in [0.15, 0.2) is 42.6 Å². The third-order valence-corrected chi connectivity index (χ3v) is 7.55. The summed E-state index contributed by atoms with van der Waals surface area (Å²) in [6.45, 7) is 3.43. The lowest BCUT2D eigenvalue weighted by molar-refractivity contribution is -0.146. The fourth-order valence-electron chi connectivity index (χ4n) is 5.00. The van der Waals surface area contributed by atoms with Crippen LogP contribution in [-0.2, 0) is 4.79 Å². The van der Waals surface area contributed by atoms with Crippen molar-refractivity contribution >= 4 is 40.1 Å². The van der Waals surface area contributed by atoms with Crippen LogP contribution in [0.5, 0.6) is 5.75 Å². The number of alkyl halides is 1. The molecule has 0 unspecified atom stereocenters. The molecule has 5 nitrogen and oxygen atoms in total. The van der Waals surface area contributed by atoms with Crippen molar-refractivity contribution in [1.29, 1.82) is 0 Å². The van der Waals surface area contributed by atoms with Crippen LogP contribution >= 0.6 is 23.2 Å². The van der Waals surface area contributed by atoms with Gasteiger partial charge in [-0.25, -0.2) is 4.39 Å². The average molecular weight is 543 g/mol. The molecule has 0 radical (unpaired) electrons. The SMILES string of the molecule is COc1ccc2nccc([C@H](F)CC[C@@H]3CCN(CC#Cc4c(C)cc(Cl)cc4Cl)C[C@@H]3C(=O)O)c2c1. The van der Waals surface area contributed by atoms with Gasteiger partial charge in [0.2, 0.25) is 0 Å². The summed E-state index contributed by atoms with van der Waals surface area (Å²) in [5.41, 5.74) is 2.88. The minimum absolute atomic E-state index is 0.101. The van der Waals surface area contributed by atoms with E-state index >= 15 is 4.39 Å². The van der Waals surface area contributed by atoms with Crippen molar-refractivity contribution in [3.8, 4) is 17.6 Å². The fraction of sp³-hybridized carbons (Fsp3) is 0.379. The van der Waals surface area contributed by atoms with Crippen molar-refractivity contribution in [3.63, 3.8) is 0 Å². The van der Waals surface area contributed by atoms with Crippen LogP contribution in [0.2, 0.25) is 10.0 Å². The third kappa shape index (κ3) is 6.54. The number of aliphatic carboxylic acids is 1. The average Bonchev–Trinajstić information content (AvgIpc) is 2.88. The van der Waals surface area contributed by atoms with Crippen LogP contribution in [0.4, 0.5) is 4.39 Å². The van der Waals surface area contributed by atoms with Gasteiger partial charge in [0, 0.05) is 28.7 Å². The minimum atomic E-state index is -1.22. The van der Waals surface area contributed by atoms with Crippen LogP contribution in [0.3, 0.4) is 0 Å². The molecule has 0 spiro atoms. The van der Waals surface area contributed by atoms with E-state index in [1.807, 2.05) is 24.0 Å². The Balaban J connectivity index is 1.39. The van der Waals surface area contributed by atoms with Gasteiger partial charge in [0.15, 0.2) is 0 Å². The molecular weight excluding hydrogens is 514 g/mol. The summed E-state index contributed by atoms with van der Waals surface area (Å²) in [5.74, 6) is 5.34. The van der Waals surface area contributed by atoms with E-state index in [9.17, 15) is 9.90 Å². The highest BCUT2D eigenvalue weighted by atomic mass is 35.5.